The zero-order valence-electron chi connectivity index (χ0n) is 23.7. The normalized spacial score (nSPS) is 17.7. The number of carbonyl (C=O) groups is 1. The van der Waals surface area contributed by atoms with E-state index in [1.807, 2.05) is 97.9 Å². The molecule has 0 bridgehead atoms. The van der Waals surface area contributed by atoms with E-state index in [-0.39, 0.29) is 12.5 Å². The molecule has 7 nitrogen and oxygen atoms in total. The van der Waals surface area contributed by atoms with Gasteiger partial charge >= 0.3 is 0 Å². The Balaban J connectivity index is 1.52. The first-order valence-electron chi connectivity index (χ1n) is 14.1. The van der Waals surface area contributed by atoms with Crippen LogP contribution in [-0.2, 0) is 22.5 Å². The molecular formula is C34H33Br2N3O4. The molecule has 1 heterocycles. The molecule has 0 saturated carbocycles. The number of halogens is 2. The number of carbonyl (C=O) groups excluding carboxylic acids is 1. The SMILES string of the molecule is Cc1cccc(CNNC(=O)[C@@]2(Cc3ccccc3Br)N=C(c3ccc(OCCCO)cc3)O[C@H]2c2ccc(Br)cc2)c1. The zero-order chi connectivity index (χ0) is 30.2. The molecule has 43 heavy (non-hydrogen) atoms. The maximum Gasteiger partial charge on any atom is 0.266 e. The van der Waals surface area contributed by atoms with E-state index >= 15 is 0 Å². The number of benzene rings is 4. The number of nitrogens with one attached hydrogen (secondary N) is 2. The van der Waals surface area contributed by atoms with E-state index in [1.54, 1.807) is 0 Å². The second kappa shape index (κ2) is 14.3. The van der Waals surface area contributed by atoms with Crippen LogP contribution in [0.15, 0.2) is 111 Å². The summed E-state index contributed by atoms with van der Waals surface area (Å²) in [4.78, 5) is 19.4. The van der Waals surface area contributed by atoms with Gasteiger partial charge in [0.1, 0.15) is 5.75 Å². The van der Waals surface area contributed by atoms with Gasteiger partial charge in [-0.1, -0.05) is 92.0 Å². The topological polar surface area (TPSA) is 92.2 Å². The van der Waals surface area contributed by atoms with Gasteiger partial charge in [0.2, 0.25) is 5.90 Å². The van der Waals surface area contributed by atoms with Crippen LogP contribution in [-0.4, -0.2) is 35.7 Å². The number of ether oxygens (including phenoxy) is 2. The number of amides is 1. The Labute approximate surface area is 268 Å². The Kier molecular flexibility index (Phi) is 10.3. The van der Waals surface area contributed by atoms with Crippen LogP contribution in [0, 0.1) is 6.92 Å². The highest BCUT2D eigenvalue weighted by molar-refractivity contribution is 9.10. The van der Waals surface area contributed by atoms with Gasteiger partial charge < -0.3 is 14.6 Å². The molecule has 0 aromatic heterocycles. The molecule has 0 radical (unpaired) electrons. The zero-order valence-corrected chi connectivity index (χ0v) is 26.9. The summed E-state index contributed by atoms with van der Waals surface area (Å²) in [5, 5.41) is 9.05. The van der Waals surface area contributed by atoms with Crippen LogP contribution in [0.5, 0.6) is 5.75 Å². The molecule has 3 N–H and O–H groups in total. The van der Waals surface area contributed by atoms with Gasteiger partial charge in [0.25, 0.3) is 5.91 Å². The fraction of sp³-hybridized carbons (Fsp3) is 0.235. The molecule has 1 aliphatic heterocycles. The van der Waals surface area contributed by atoms with Gasteiger partial charge in [0.05, 0.1) is 6.61 Å². The number of hydrogen-bond acceptors (Lipinski definition) is 6. The summed E-state index contributed by atoms with van der Waals surface area (Å²) in [6.45, 7) is 2.99. The highest BCUT2D eigenvalue weighted by Gasteiger charge is 2.53. The summed E-state index contributed by atoms with van der Waals surface area (Å²) in [5.41, 5.74) is 9.43. The number of aliphatic imine (C=N–C) groups is 1. The number of aryl methyl sites for hydroxylation is 1. The number of aliphatic hydroxyl groups excluding tert-OH is 1. The third-order valence-corrected chi connectivity index (χ3v) is 8.50. The van der Waals surface area contributed by atoms with Gasteiger partial charge in [-0.15, -0.1) is 0 Å². The first kappa shape index (κ1) is 30.9. The van der Waals surface area contributed by atoms with Crippen molar-refractivity contribution < 1.29 is 19.4 Å². The maximum absolute atomic E-state index is 14.3. The Morgan fingerprint density at radius 2 is 1.77 bits per heavy atom. The quantitative estimate of drug-likeness (QED) is 0.114. The molecule has 5 rings (SSSR count). The molecule has 0 spiro atoms. The van der Waals surface area contributed by atoms with Crippen LogP contribution in [0.1, 0.15) is 40.3 Å². The lowest BCUT2D eigenvalue weighted by Crippen LogP contribution is -2.53. The van der Waals surface area contributed by atoms with Crippen molar-refractivity contribution in [3.05, 3.63) is 134 Å². The van der Waals surface area contributed by atoms with Crippen LogP contribution in [0.4, 0.5) is 0 Å². The van der Waals surface area contributed by atoms with Gasteiger partial charge in [-0.2, -0.15) is 0 Å². The molecule has 0 saturated heterocycles. The lowest BCUT2D eigenvalue weighted by atomic mass is 9.82. The molecule has 0 unspecified atom stereocenters. The standard InChI is InChI=1S/C34H33Br2N3O4/c1-23-6-4-7-24(20-23)22-37-39-33(41)34(21-27-8-2-3-9-30(27)36)31(25-10-14-28(35)15-11-25)43-32(38-34)26-12-16-29(17-13-26)42-19-5-18-40/h2-4,6-17,20,31,37,40H,5,18-19,21-22H2,1H3,(H,39,41)/t31-,34-/m0/s1. The Morgan fingerprint density at radius 1 is 1.00 bits per heavy atom. The smallest absolute Gasteiger partial charge is 0.266 e. The summed E-state index contributed by atoms with van der Waals surface area (Å²) in [6.07, 6.45) is 0.139. The van der Waals surface area contributed by atoms with Gasteiger partial charge in [-0.3, -0.25) is 10.2 Å². The predicted molar refractivity (Wildman–Crippen MR) is 175 cm³/mol. The minimum absolute atomic E-state index is 0.0711. The van der Waals surface area contributed by atoms with Gasteiger partial charge in [-0.25, -0.2) is 10.4 Å². The van der Waals surface area contributed by atoms with E-state index in [4.69, 9.17) is 19.6 Å². The molecule has 4 aromatic carbocycles. The van der Waals surface area contributed by atoms with E-state index in [0.29, 0.717) is 37.6 Å². The van der Waals surface area contributed by atoms with E-state index < -0.39 is 11.6 Å². The third-order valence-electron chi connectivity index (χ3n) is 7.20. The number of nitrogens with zero attached hydrogens (tertiary/aromatic N) is 1. The number of hydrazine groups is 1. The highest BCUT2D eigenvalue weighted by Crippen LogP contribution is 2.43. The number of hydrogen-bond donors (Lipinski definition) is 3. The van der Waals surface area contributed by atoms with Crippen molar-refractivity contribution in [2.45, 2.75) is 38.0 Å². The van der Waals surface area contributed by atoms with Crippen LogP contribution >= 0.6 is 31.9 Å². The molecular weight excluding hydrogens is 674 g/mol. The minimum Gasteiger partial charge on any atom is -0.494 e. The fourth-order valence-corrected chi connectivity index (χ4v) is 5.70. The minimum atomic E-state index is -1.33. The molecule has 9 heteroatoms. The van der Waals surface area contributed by atoms with Crippen LogP contribution in [0.3, 0.4) is 0 Å². The Bertz CT molecular complexity index is 1580. The summed E-state index contributed by atoms with van der Waals surface area (Å²) in [7, 11) is 0. The molecule has 4 aromatic rings. The third kappa shape index (κ3) is 7.54. The Hall–Kier alpha value is -3.50. The Morgan fingerprint density at radius 3 is 2.49 bits per heavy atom. The summed E-state index contributed by atoms with van der Waals surface area (Å²) < 4.78 is 14.1. The first-order valence-corrected chi connectivity index (χ1v) is 15.6. The summed E-state index contributed by atoms with van der Waals surface area (Å²) in [6, 6.07) is 31.2. The van der Waals surface area contributed by atoms with Gasteiger partial charge in [0, 0.05) is 40.5 Å². The van der Waals surface area contributed by atoms with E-state index in [9.17, 15) is 4.79 Å². The second-order valence-electron chi connectivity index (χ2n) is 10.4. The molecule has 222 valence electrons. The largest absolute Gasteiger partial charge is 0.494 e. The van der Waals surface area contributed by atoms with Crippen LogP contribution in [0.25, 0.3) is 0 Å². The molecule has 2 atom stereocenters. The molecule has 0 fully saturated rings. The van der Waals surface area contributed by atoms with Crippen LogP contribution < -0.4 is 15.6 Å². The van der Waals surface area contributed by atoms with E-state index in [0.717, 1.165) is 36.8 Å². The van der Waals surface area contributed by atoms with Gasteiger partial charge in [0.15, 0.2) is 11.6 Å². The molecule has 1 aliphatic rings. The van der Waals surface area contributed by atoms with Crippen molar-refractivity contribution in [1.82, 2.24) is 10.9 Å². The highest BCUT2D eigenvalue weighted by atomic mass is 79.9. The van der Waals surface area contributed by atoms with E-state index in [2.05, 4.69) is 48.8 Å². The average molecular weight is 707 g/mol. The van der Waals surface area contributed by atoms with Crippen molar-refractivity contribution in [3.8, 4) is 5.75 Å². The number of aliphatic hydroxyl groups is 1. The van der Waals surface area contributed by atoms with Gasteiger partial charge in [-0.05, 0) is 66.1 Å². The second-order valence-corrected chi connectivity index (χ2v) is 12.2. The predicted octanol–water partition coefficient (Wildman–Crippen LogP) is 6.60. The lowest BCUT2D eigenvalue weighted by Gasteiger charge is -2.31. The number of rotatable bonds is 12. The first-order chi connectivity index (χ1) is 20.9. The van der Waals surface area contributed by atoms with Crippen molar-refractivity contribution in [1.29, 1.82) is 0 Å². The molecule has 1 amide bonds. The van der Waals surface area contributed by atoms with Crippen LogP contribution in [0.2, 0.25) is 0 Å². The van der Waals surface area contributed by atoms with Crippen molar-refractivity contribution >= 4 is 43.7 Å². The summed E-state index contributed by atoms with van der Waals surface area (Å²) in [5.74, 6) is 0.747. The van der Waals surface area contributed by atoms with Crippen molar-refractivity contribution in [2.24, 2.45) is 4.99 Å². The maximum atomic E-state index is 14.3. The fourth-order valence-electron chi connectivity index (χ4n) is 5.01. The average Bonchev–Trinajstić information content (AvgIpc) is 3.40. The van der Waals surface area contributed by atoms with Crippen molar-refractivity contribution in [3.63, 3.8) is 0 Å². The van der Waals surface area contributed by atoms with E-state index in [1.165, 1.54) is 0 Å². The molecule has 0 aliphatic carbocycles. The monoisotopic (exact) mass is 705 g/mol. The lowest BCUT2D eigenvalue weighted by molar-refractivity contribution is -0.130. The van der Waals surface area contributed by atoms with Crippen molar-refractivity contribution in [2.75, 3.05) is 13.2 Å². The summed E-state index contributed by atoms with van der Waals surface area (Å²) >= 11 is 7.20.